The van der Waals surface area contributed by atoms with Crippen molar-refractivity contribution < 1.29 is 38.0 Å². The van der Waals surface area contributed by atoms with Crippen LogP contribution in [0.3, 0.4) is 0 Å². The fourth-order valence-corrected chi connectivity index (χ4v) is 10.3. The SMILES string of the molecule is C[C@@H]1[C@@H]([Si](C)(C)F)[C@H](CC(=O)N2CCC[C@H]2CO)O[C@@]12C(=O)N(Cc1cccc(N3CCOC3=O)c1)c1ccc([N+](=O)[O-])cc12. The maximum Gasteiger partial charge on any atom is 0.414 e. The van der Waals surface area contributed by atoms with Gasteiger partial charge in [-0.05, 0) is 49.7 Å². The van der Waals surface area contributed by atoms with Crippen LogP contribution in [0.1, 0.15) is 37.3 Å². The molecule has 5 atom stereocenters. The molecule has 4 aliphatic rings. The normalized spacial score (nSPS) is 27.9. The molecule has 2 aromatic carbocycles. The van der Waals surface area contributed by atoms with Gasteiger partial charge in [-0.2, -0.15) is 0 Å². The zero-order chi connectivity index (χ0) is 32.3. The lowest BCUT2D eigenvalue weighted by molar-refractivity contribution is -0.385. The number of hydrogen-bond acceptors (Lipinski definition) is 8. The van der Waals surface area contributed by atoms with Crippen LogP contribution >= 0.6 is 0 Å². The molecule has 4 aliphatic heterocycles. The molecule has 240 valence electrons. The van der Waals surface area contributed by atoms with Crippen molar-refractivity contribution in [1.29, 1.82) is 0 Å². The third-order valence-electron chi connectivity index (χ3n) is 9.76. The van der Waals surface area contributed by atoms with E-state index in [1.807, 2.05) is 6.07 Å². The Morgan fingerprint density at radius 1 is 1.20 bits per heavy atom. The molecule has 0 unspecified atom stereocenters. The van der Waals surface area contributed by atoms with E-state index >= 15 is 4.11 Å². The van der Waals surface area contributed by atoms with Crippen molar-refractivity contribution in [1.82, 2.24) is 4.90 Å². The lowest BCUT2D eigenvalue weighted by Gasteiger charge is -2.31. The van der Waals surface area contributed by atoms with Crippen molar-refractivity contribution in [2.75, 3.05) is 36.1 Å². The molecular weight excluding hydrogens is 603 g/mol. The van der Waals surface area contributed by atoms with E-state index in [-0.39, 0.29) is 49.4 Å². The first kappa shape index (κ1) is 31.1. The molecule has 3 amide bonds. The highest BCUT2D eigenvalue weighted by Gasteiger charge is 2.67. The van der Waals surface area contributed by atoms with Gasteiger partial charge in [0.15, 0.2) is 5.60 Å². The predicted octanol–water partition coefficient (Wildman–Crippen LogP) is 4.25. The van der Waals surface area contributed by atoms with Gasteiger partial charge in [-0.1, -0.05) is 19.1 Å². The second-order valence-corrected chi connectivity index (χ2v) is 16.6. The van der Waals surface area contributed by atoms with E-state index < -0.39 is 48.5 Å². The number of nitro benzene ring substituents is 1. The van der Waals surface area contributed by atoms with E-state index in [2.05, 4.69) is 0 Å². The molecule has 6 rings (SSSR count). The number of fused-ring (bicyclic) bond motifs is 2. The summed E-state index contributed by atoms with van der Waals surface area (Å²) in [5.41, 5.74) is -0.752. The van der Waals surface area contributed by atoms with E-state index in [0.29, 0.717) is 36.4 Å². The fourth-order valence-electron chi connectivity index (χ4n) is 7.78. The Bertz CT molecular complexity index is 1550. The van der Waals surface area contributed by atoms with Gasteiger partial charge in [0.25, 0.3) is 11.6 Å². The number of hydrogen-bond donors (Lipinski definition) is 1. The summed E-state index contributed by atoms with van der Waals surface area (Å²) >= 11 is 0. The number of benzene rings is 2. The number of non-ortho nitro benzene ring substituents is 1. The Hall–Kier alpha value is -3.88. The number of likely N-dealkylation sites (tertiary alicyclic amines) is 1. The van der Waals surface area contributed by atoms with Crippen LogP contribution in [0.2, 0.25) is 18.6 Å². The smallest absolute Gasteiger partial charge is 0.414 e. The van der Waals surface area contributed by atoms with Crippen LogP contribution in [-0.4, -0.2) is 79.7 Å². The Balaban J connectivity index is 1.39. The van der Waals surface area contributed by atoms with Crippen molar-refractivity contribution in [3.05, 3.63) is 63.7 Å². The zero-order valence-corrected chi connectivity index (χ0v) is 26.5. The van der Waals surface area contributed by atoms with Gasteiger partial charge in [0.2, 0.25) is 14.3 Å². The van der Waals surface area contributed by atoms with Crippen LogP contribution in [0.4, 0.5) is 26.0 Å². The molecule has 14 heteroatoms. The van der Waals surface area contributed by atoms with Gasteiger partial charge in [0.1, 0.15) is 6.61 Å². The molecule has 0 bridgehead atoms. The standard InChI is InChI=1S/C31H37FN4O8Si/c1-19-28(45(2,3)32)26(16-27(38)33-11-5-8-23(33)18-37)44-31(19)24-15-22(36(41)42)9-10-25(24)35(29(31)39)17-20-6-4-7-21(14-20)34-12-13-43-30(34)40/h4,6-7,9-10,14-15,19,23,26,28,37H,5,8,11-13,16-18H2,1-3H3/t19-,23+,26+,28-,31+/m1/s1. The molecule has 1 N–H and O–H groups in total. The molecule has 4 heterocycles. The van der Waals surface area contributed by atoms with Gasteiger partial charge in [0, 0.05) is 41.4 Å². The van der Waals surface area contributed by atoms with Crippen LogP contribution in [0.5, 0.6) is 0 Å². The number of carbonyl (C=O) groups is 3. The number of nitrogens with zero attached hydrogens (tertiary/aromatic N) is 4. The average molecular weight is 641 g/mol. The summed E-state index contributed by atoms with van der Waals surface area (Å²) in [6, 6.07) is 11.0. The molecule has 0 radical (unpaired) electrons. The van der Waals surface area contributed by atoms with Crippen molar-refractivity contribution in [3.63, 3.8) is 0 Å². The number of halogens is 1. The molecule has 3 fully saturated rings. The monoisotopic (exact) mass is 640 g/mol. The van der Waals surface area contributed by atoms with Crippen molar-refractivity contribution in [2.45, 2.75) is 69.1 Å². The maximum atomic E-state index is 16.2. The van der Waals surface area contributed by atoms with E-state index in [0.717, 1.165) is 6.42 Å². The molecule has 0 aliphatic carbocycles. The summed E-state index contributed by atoms with van der Waals surface area (Å²) in [6.45, 7) is 5.83. The third kappa shape index (κ3) is 5.18. The summed E-state index contributed by atoms with van der Waals surface area (Å²) in [7, 11) is -3.59. The highest BCUT2D eigenvalue weighted by atomic mass is 28.4. The number of rotatable bonds is 8. The van der Waals surface area contributed by atoms with Crippen molar-refractivity contribution in [3.8, 4) is 0 Å². The lowest BCUT2D eigenvalue weighted by Crippen LogP contribution is -2.45. The van der Waals surface area contributed by atoms with Gasteiger partial charge < -0.3 is 28.5 Å². The Kier molecular flexibility index (Phi) is 7.94. The number of aliphatic hydroxyl groups is 1. The topological polar surface area (TPSA) is 143 Å². The molecule has 3 saturated heterocycles. The first-order chi connectivity index (χ1) is 21.4. The third-order valence-corrected chi connectivity index (χ3v) is 12.2. The summed E-state index contributed by atoms with van der Waals surface area (Å²) < 4.78 is 27.9. The van der Waals surface area contributed by atoms with Crippen molar-refractivity contribution in [2.24, 2.45) is 5.92 Å². The summed E-state index contributed by atoms with van der Waals surface area (Å²) in [6.07, 6.45) is -0.150. The number of anilines is 2. The Morgan fingerprint density at radius 2 is 1.98 bits per heavy atom. The minimum absolute atomic E-state index is 0.0644. The maximum absolute atomic E-state index is 16.2. The number of amides is 3. The number of carbonyl (C=O) groups excluding carboxylic acids is 3. The highest BCUT2D eigenvalue weighted by molar-refractivity contribution is 6.72. The summed E-state index contributed by atoms with van der Waals surface area (Å²) in [4.78, 5) is 56.2. The van der Waals surface area contributed by atoms with Gasteiger partial charge in [0.05, 0.1) is 48.9 Å². The summed E-state index contributed by atoms with van der Waals surface area (Å²) in [5.74, 6) is -1.50. The molecule has 12 nitrogen and oxygen atoms in total. The highest BCUT2D eigenvalue weighted by Crippen LogP contribution is 2.60. The minimum Gasteiger partial charge on any atom is -0.447 e. The lowest BCUT2D eigenvalue weighted by atomic mass is 9.82. The van der Waals surface area contributed by atoms with Crippen LogP contribution in [0.25, 0.3) is 0 Å². The van der Waals surface area contributed by atoms with Gasteiger partial charge in [-0.25, -0.2) is 4.79 Å². The van der Waals surface area contributed by atoms with Crippen LogP contribution < -0.4 is 9.80 Å². The second-order valence-electron chi connectivity index (χ2n) is 12.8. The van der Waals surface area contributed by atoms with Crippen LogP contribution in [-0.2, 0) is 31.2 Å². The number of aliphatic hydroxyl groups excluding tert-OH is 1. The molecule has 2 aromatic rings. The van der Waals surface area contributed by atoms with E-state index in [4.69, 9.17) is 9.47 Å². The van der Waals surface area contributed by atoms with Crippen LogP contribution in [0, 0.1) is 16.0 Å². The van der Waals surface area contributed by atoms with Gasteiger partial charge in [-0.3, -0.25) is 24.6 Å². The largest absolute Gasteiger partial charge is 0.447 e. The number of ether oxygens (including phenoxy) is 2. The van der Waals surface area contributed by atoms with Gasteiger partial charge in [-0.15, -0.1) is 0 Å². The number of nitro groups is 1. The van der Waals surface area contributed by atoms with E-state index in [1.165, 1.54) is 41.1 Å². The second kappa shape index (κ2) is 11.5. The molecule has 0 saturated carbocycles. The van der Waals surface area contributed by atoms with Crippen molar-refractivity contribution >= 4 is 43.4 Å². The molecular formula is C31H37FN4O8Si. The Morgan fingerprint density at radius 3 is 2.64 bits per heavy atom. The molecule has 0 aromatic heterocycles. The predicted molar refractivity (Wildman–Crippen MR) is 164 cm³/mol. The first-order valence-electron chi connectivity index (χ1n) is 15.3. The van der Waals surface area contributed by atoms with E-state index in [9.17, 15) is 29.6 Å². The quantitative estimate of drug-likeness (QED) is 0.195. The molecule has 45 heavy (non-hydrogen) atoms. The average Bonchev–Trinajstić information content (AvgIpc) is 3.76. The Labute approximate surface area is 261 Å². The van der Waals surface area contributed by atoms with Gasteiger partial charge >= 0.3 is 6.09 Å². The zero-order valence-electron chi connectivity index (χ0n) is 25.5. The minimum atomic E-state index is -3.59. The number of cyclic esters (lactones) is 1. The van der Waals surface area contributed by atoms with Crippen LogP contribution in [0.15, 0.2) is 42.5 Å². The summed E-state index contributed by atoms with van der Waals surface area (Å²) in [5, 5.41) is 21.7. The van der Waals surface area contributed by atoms with E-state index in [1.54, 1.807) is 30.0 Å². The fraction of sp³-hybridized carbons (Fsp3) is 0.516. The first-order valence-corrected chi connectivity index (χ1v) is 18.2. The molecule has 1 spiro atoms.